The van der Waals surface area contributed by atoms with Gasteiger partial charge >= 0.3 is 0 Å². The van der Waals surface area contributed by atoms with Crippen molar-refractivity contribution in [1.29, 1.82) is 0 Å². The second-order valence-corrected chi connectivity index (χ2v) is 4.86. The van der Waals surface area contributed by atoms with E-state index in [4.69, 9.17) is 0 Å². The van der Waals surface area contributed by atoms with Crippen molar-refractivity contribution in [3.63, 3.8) is 0 Å². The molecule has 2 rings (SSSR count). The summed E-state index contributed by atoms with van der Waals surface area (Å²) < 4.78 is 0. The molecule has 6 heteroatoms. The van der Waals surface area contributed by atoms with Gasteiger partial charge in [0, 0.05) is 26.7 Å². The number of nitrogens with zero attached hydrogens (tertiary/aromatic N) is 4. The molecule has 2 N–H and O–H groups in total. The Morgan fingerprint density at radius 1 is 1.11 bits per heavy atom. The minimum atomic E-state index is 0.617. The topological polar surface area (TPSA) is 66.0 Å². The molecule has 1 aliphatic carbocycles. The maximum atomic E-state index is 4.49. The average Bonchev–Trinajstić information content (AvgIpc) is 3.24. The van der Waals surface area contributed by atoms with Gasteiger partial charge < -0.3 is 15.5 Å². The first-order chi connectivity index (χ1) is 9.26. The molecule has 0 atom stereocenters. The Morgan fingerprint density at radius 2 is 1.79 bits per heavy atom. The molecule has 1 saturated carbocycles. The smallest absolute Gasteiger partial charge is 0.231 e. The number of aromatic nitrogens is 3. The molecule has 1 heterocycles. The molecule has 0 unspecified atom stereocenters. The van der Waals surface area contributed by atoms with Gasteiger partial charge in [-0.2, -0.15) is 15.0 Å². The van der Waals surface area contributed by atoms with Crippen LogP contribution in [-0.2, 0) is 0 Å². The Bertz CT molecular complexity index is 400. The van der Waals surface area contributed by atoms with E-state index in [0.29, 0.717) is 11.9 Å². The third kappa shape index (κ3) is 3.94. The summed E-state index contributed by atoms with van der Waals surface area (Å²) in [5, 5.41) is 6.30. The summed E-state index contributed by atoms with van der Waals surface area (Å²) >= 11 is 0. The predicted octanol–water partition coefficient (Wildman–Crippen LogP) is 1.97. The Morgan fingerprint density at radius 3 is 2.37 bits per heavy atom. The zero-order valence-corrected chi connectivity index (χ0v) is 12.1. The average molecular weight is 264 g/mol. The van der Waals surface area contributed by atoms with Gasteiger partial charge in [0.05, 0.1) is 0 Å². The molecule has 0 aromatic carbocycles. The van der Waals surface area contributed by atoms with E-state index in [1.807, 2.05) is 7.05 Å². The fraction of sp³-hybridized carbons (Fsp3) is 0.769. The van der Waals surface area contributed by atoms with Crippen LogP contribution in [0.1, 0.15) is 33.1 Å². The number of hydrogen-bond donors (Lipinski definition) is 2. The van der Waals surface area contributed by atoms with Crippen LogP contribution in [0.5, 0.6) is 0 Å². The van der Waals surface area contributed by atoms with Crippen LogP contribution >= 0.6 is 0 Å². The zero-order valence-electron chi connectivity index (χ0n) is 12.1. The first-order valence-corrected chi connectivity index (χ1v) is 7.19. The fourth-order valence-electron chi connectivity index (χ4n) is 2.00. The number of nitrogens with one attached hydrogen (secondary N) is 2. The molecule has 106 valence electrons. The first kappa shape index (κ1) is 13.8. The molecule has 0 radical (unpaired) electrons. The second-order valence-electron chi connectivity index (χ2n) is 4.86. The zero-order chi connectivity index (χ0) is 13.7. The van der Waals surface area contributed by atoms with E-state index in [9.17, 15) is 0 Å². The number of rotatable bonds is 8. The van der Waals surface area contributed by atoms with E-state index >= 15 is 0 Å². The van der Waals surface area contributed by atoms with Crippen LogP contribution in [0.25, 0.3) is 0 Å². The molecule has 0 bridgehead atoms. The predicted molar refractivity (Wildman–Crippen MR) is 78.8 cm³/mol. The molecular weight excluding hydrogens is 240 g/mol. The Balaban J connectivity index is 2.04. The largest absolute Gasteiger partial charge is 0.357 e. The molecule has 0 amide bonds. The summed E-state index contributed by atoms with van der Waals surface area (Å²) in [5.74, 6) is 2.94. The molecule has 1 fully saturated rings. The van der Waals surface area contributed by atoms with Crippen LogP contribution in [0.15, 0.2) is 0 Å². The molecule has 0 aliphatic heterocycles. The van der Waals surface area contributed by atoms with Gasteiger partial charge in [-0.15, -0.1) is 0 Å². The lowest BCUT2D eigenvalue weighted by atomic mass is 10.3. The van der Waals surface area contributed by atoms with E-state index in [2.05, 4.69) is 44.3 Å². The lowest BCUT2D eigenvalue weighted by molar-refractivity contribution is 0.752. The monoisotopic (exact) mass is 264 g/mol. The standard InChI is InChI=1S/C13H24N6/c1-4-19(5-2)13-17-11(14-3)16-12(18-13)15-9-8-10-6-7-10/h10H,4-9H2,1-3H3,(H2,14,15,16,17,18). The second kappa shape index (κ2) is 6.54. The Hall–Kier alpha value is -1.59. The van der Waals surface area contributed by atoms with E-state index in [1.165, 1.54) is 19.3 Å². The van der Waals surface area contributed by atoms with Gasteiger partial charge in [-0.05, 0) is 26.2 Å². The van der Waals surface area contributed by atoms with Crippen molar-refractivity contribution in [2.75, 3.05) is 42.2 Å². The van der Waals surface area contributed by atoms with Crippen molar-refractivity contribution in [2.45, 2.75) is 33.1 Å². The van der Waals surface area contributed by atoms with Gasteiger partial charge in [0.15, 0.2) is 0 Å². The van der Waals surface area contributed by atoms with Crippen LogP contribution in [-0.4, -0.2) is 41.6 Å². The first-order valence-electron chi connectivity index (χ1n) is 7.19. The van der Waals surface area contributed by atoms with Crippen molar-refractivity contribution >= 4 is 17.8 Å². The normalized spacial score (nSPS) is 14.3. The summed E-state index contributed by atoms with van der Waals surface area (Å²) in [7, 11) is 1.83. The fourth-order valence-corrected chi connectivity index (χ4v) is 2.00. The van der Waals surface area contributed by atoms with Gasteiger partial charge in [0.2, 0.25) is 17.8 Å². The van der Waals surface area contributed by atoms with Crippen LogP contribution < -0.4 is 15.5 Å². The lowest BCUT2D eigenvalue weighted by Gasteiger charge is -2.19. The minimum absolute atomic E-state index is 0.617. The van der Waals surface area contributed by atoms with Crippen molar-refractivity contribution in [3.05, 3.63) is 0 Å². The highest BCUT2D eigenvalue weighted by molar-refractivity contribution is 5.43. The molecule has 1 aromatic heterocycles. The molecule has 0 saturated heterocycles. The Labute approximate surface area is 115 Å². The number of anilines is 3. The van der Waals surface area contributed by atoms with Crippen LogP contribution in [0.4, 0.5) is 17.8 Å². The van der Waals surface area contributed by atoms with E-state index < -0.39 is 0 Å². The summed E-state index contributed by atoms with van der Waals surface area (Å²) in [4.78, 5) is 15.4. The molecule has 0 spiro atoms. The molecule has 6 nitrogen and oxygen atoms in total. The van der Waals surface area contributed by atoms with Gasteiger partial charge in [0.1, 0.15) is 0 Å². The van der Waals surface area contributed by atoms with Gasteiger partial charge in [-0.1, -0.05) is 12.8 Å². The highest BCUT2D eigenvalue weighted by Gasteiger charge is 2.20. The van der Waals surface area contributed by atoms with E-state index in [0.717, 1.165) is 31.5 Å². The van der Waals surface area contributed by atoms with Crippen LogP contribution in [0.2, 0.25) is 0 Å². The van der Waals surface area contributed by atoms with E-state index in [1.54, 1.807) is 0 Å². The Kier molecular flexibility index (Phi) is 4.76. The molecular formula is C13H24N6. The van der Waals surface area contributed by atoms with Crippen molar-refractivity contribution < 1.29 is 0 Å². The lowest BCUT2D eigenvalue weighted by Crippen LogP contribution is -2.25. The summed E-state index contributed by atoms with van der Waals surface area (Å²) in [5.41, 5.74) is 0. The highest BCUT2D eigenvalue weighted by Crippen LogP contribution is 2.32. The minimum Gasteiger partial charge on any atom is -0.357 e. The summed E-state index contributed by atoms with van der Waals surface area (Å²) in [6.45, 7) is 6.94. The quantitative estimate of drug-likeness (QED) is 0.748. The van der Waals surface area contributed by atoms with Crippen molar-refractivity contribution in [3.8, 4) is 0 Å². The van der Waals surface area contributed by atoms with Crippen LogP contribution in [0.3, 0.4) is 0 Å². The van der Waals surface area contributed by atoms with Crippen molar-refractivity contribution in [2.24, 2.45) is 5.92 Å². The third-order valence-corrected chi connectivity index (χ3v) is 3.43. The molecule has 1 aliphatic rings. The summed E-state index contributed by atoms with van der Waals surface area (Å²) in [6, 6.07) is 0. The van der Waals surface area contributed by atoms with Gasteiger partial charge in [0.25, 0.3) is 0 Å². The van der Waals surface area contributed by atoms with E-state index in [-0.39, 0.29) is 0 Å². The maximum absolute atomic E-state index is 4.49. The summed E-state index contributed by atoms with van der Waals surface area (Å²) in [6.07, 6.45) is 3.97. The number of hydrogen-bond acceptors (Lipinski definition) is 6. The van der Waals surface area contributed by atoms with Crippen molar-refractivity contribution in [1.82, 2.24) is 15.0 Å². The molecule has 1 aromatic rings. The van der Waals surface area contributed by atoms with Gasteiger partial charge in [-0.3, -0.25) is 0 Å². The SMILES string of the molecule is CCN(CC)c1nc(NC)nc(NCCC2CC2)n1. The van der Waals surface area contributed by atoms with Crippen LogP contribution in [0, 0.1) is 5.92 Å². The molecule has 19 heavy (non-hydrogen) atoms. The van der Waals surface area contributed by atoms with Gasteiger partial charge in [-0.25, -0.2) is 0 Å². The third-order valence-electron chi connectivity index (χ3n) is 3.43. The highest BCUT2D eigenvalue weighted by atomic mass is 15.3. The maximum Gasteiger partial charge on any atom is 0.231 e.